The van der Waals surface area contributed by atoms with Crippen molar-refractivity contribution in [3.05, 3.63) is 204 Å². The molecular formula is C60H49N3. The fraction of sp³-hybridized carbons (Fsp3) is 0.217. The lowest BCUT2D eigenvalue weighted by molar-refractivity contribution is -0.0418. The molecular weight excluding hydrogens is 763 g/mol. The van der Waals surface area contributed by atoms with Crippen LogP contribution in [0.1, 0.15) is 73.8 Å². The van der Waals surface area contributed by atoms with Gasteiger partial charge >= 0.3 is 0 Å². The van der Waals surface area contributed by atoms with Gasteiger partial charge in [-0.2, -0.15) is 5.26 Å². The van der Waals surface area contributed by atoms with Crippen LogP contribution in [0, 0.1) is 35.0 Å². The van der Waals surface area contributed by atoms with Gasteiger partial charge in [0.2, 0.25) is 0 Å². The van der Waals surface area contributed by atoms with Crippen LogP contribution >= 0.6 is 0 Å². The fourth-order valence-corrected chi connectivity index (χ4v) is 12.8. The van der Waals surface area contributed by atoms with Crippen LogP contribution in [0.15, 0.2) is 176 Å². The molecule has 0 radical (unpaired) electrons. The van der Waals surface area contributed by atoms with E-state index in [2.05, 4.69) is 172 Å². The molecule has 4 bridgehead atoms. The molecule has 13 rings (SSSR count). The largest absolute Gasteiger partial charge is 0.228 e. The molecule has 0 saturated heterocycles. The maximum absolute atomic E-state index is 9.32. The van der Waals surface area contributed by atoms with Gasteiger partial charge in [0, 0.05) is 27.5 Å². The zero-order valence-corrected chi connectivity index (χ0v) is 35.9. The number of rotatable bonds is 7. The lowest BCUT2D eigenvalue weighted by Gasteiger charge is -2.62. The normalized spacial score (nSPS) is 22.3. The van der Waals surface area contributed by atoms with E-state index in [1.807, 2.05) is 24.3 Å². The Morgan fingerprint density at radius 2 is 0.952 bits per heavy atom. The van der Waals surface area contributed by atoms with Crippen LogP contribution in [-0.4, -0.2) is 9.97 Å². The number of nitriles is 1. The highest BCUT2D eigenvalue weighted by Gasteiger charge is 2.58. The minimum Gasteiger partial charge on any atom is -0.228 e. The summed E-state index contributed by atoms with van der Waals surface area (Å²) in [5.41, 5.74) is 18.6. The van der Waals surface area contributed by atoms with Gasteiger partial charge in [-0.15, -0.1) is 0 Å². The Hall–Kier alpha value is -6.89. The topological polar surface area (TPSA) is 49.6 Å². The van der Waals surface area contributed by atoms with Crippen molar-refractivity contribution in [2.75, 3.05) is 0 Å². The van der Waals surface area contributed by atoms with Gasteiger partial charge < -0.3 is 0 Å². The van der Waals surface area contributed by atoms with Crippen LogP contribution < -0.4 is 0 Å². The van der Waals surface area contributed by atoms with E-state index in [1.165, 1.54) is 76.6 Å². The molecule has 7 aromatic carbocycles. The van der Waals surface area contributed by atoms with Gasteiger partial charge in [0.25, 0.3) is 0 Å². The van der Waals surface area contributed by atoms with E-state index in [4.69, 9.17) is 9.97 Å². The predicted molar refractivity (Wildman–Crippen MR) is 256 cm³/mol. The van der Waals surface area contributed by atoms with Crippen LogP contribution in [0.3, 0.4) is 0 Å². The summed E-state index contributed by atoms with van der Waals surface area (Å²) in [4.78, 5) is 10.6. The maximum Gasteiger partial charge on any atom is 0.160 e. The molecule has 0 N–H and O–H groups in total. The van der Waals surface area contributed by atoms with E-state index in [9.17, 15) is 5.26 Å². The summed E-state index contributed by atoms with van der Waals surface area (Å²) in [5.74, 6) is 3.74. The summed E-state index contributed by atoms with van der Waals surface area (Å²) >= 11 is 0. The average Bonchev–Trinajstić information content (AvgIpc) is 3.57. The van der Waals surface area contributed by atoms with Gasteiger partial charge in [-0.05, 0) is 142 Å². The molecule has 0 aliphatic heterocycles. The summed E-state index contributed by atoms with van der Waals surface area (Å²) < 4.78 is 0. The molecule has 4 saturated carbocycles. The average molecular weight is 812 g/mol. The van der Waals surface area contributed by atoms with Gasteiger partial charge in [0.15, 0.2) is 5.82 Å². The van der Waals surface area contributed by atoms with E-state index >= 15 is 0 Å². The van der Waals surface area contributed by atoms with Gasteiger partial charge in [-0.25, -0.2) is 9.97 Å². The third kappa shape index (κ3) is 6.14. The minimum atomic E-state index is -0.107. The Balaban J connectivity index is 0.922. The lowest BCUT2D eigenvalue weighted by atomic mass is 9.42. The molecule has 5 aliphatic carbocycles. The van der Waals surface area contributed by atoms with Crippen LogP contribution in [-0.2, 0) is 10.8 Å². The van der Waals surface area contributed by atoms with E-state index in [1.54, 1.807) is 0 Å². The molecule has 5 aliphatic rings. The van der Waals surface area contributed by atoms with Crippen molar-refractivity contribution in [1.29, 1.82) is 5.26 Å². The molecule has 8 aromatic rings. The molecule has 1 heterocycles. The standard InChI is InChI=1S/C60H49N3/c1-59(2)54-14-7-6-13-52(54)53-28-23-47(35-55(53)59)58-62-56(43-9-4-3-5-10-43)36-57(63-58)44-21-26-49(27-22-44)60(50-30-39-29-40(32-50)33-51(60)31-39)48-24-19-42(20-25-48)46-12-8-11-45(34-46)41-17-15-38(37-61)16-18-41/h3-28,34-36,39-40,50-51H,29-33H2,1-2H3. The zero-order chi connectivity index (χ0) is 42.3. The maximum atomic E-state index is 9.32. The Kier molecular flexibility index (Phi) is 8.77. The molecule has 0 amide bonds. The number of hydrogen-bond donors (Lipinski definition) is 0. The second-order valence-electron chi connectivity index (χ2n) is 19.4. The Morgan fingerprint density at radius 1 is 0.444 bits per heavy atom. The van der Waals surface area contributed by atoms with Crippen molar-refractivity contribution in [3.8, 4) is 73.4 Å². The summed E-state index contributed by atoms with van der Waals surface area (Å²) in [6.07, 6.45) is 6.71. The Bertz CT molecular complexity index is 3050. The molecule has 3 nitrogen and oxygen atoms in total. The van der Waals surface area contributed by atoms with Gasteiger partial charge in [-0.3, -0.25) is 0 Å². The molecule has 0 spiro atoms. The molecule has 4 fully saturated rings. The Labute approximate surface area is 371 Å². The summed E-state index contributed by atoms with van der Waals surface area (Å²) in [6, 6.07) is 66.5. The van der Waals surface area contributed by atoms with Crippen LogP contribution in [0.25, 0.3) is 67.3 Å². The van der Waals surface area contributed by atoms with Crippen molar-refractivity contribution in [3.63, 3.8) is 0 Å². The molecule has 1 aromatic heterocycles. The summed E-state index contributed by atoms with van der Waals surface area (Å²) in [7, 11) is 0. The van der Waals surface area contributed by atoms with Crippen LogP contribution in [0.4, 0.5) is 0 Å². The van der Waals surface area contributed by atoms with Crippen molar-refractivity contribution in [1.82, 2.24) is 9.97 Å². The summed E-state index contributed by atoms with van der Waals surface area (Å²) in [5, 5.41) is 9.32. The highest BCUT2D eigenvalue weighted by Crippen LogP contribution is 2.65. The quantitative estimate of drug-likeness (QED) is 0.161. The van der Waals surface area contributed by atoms with Crippen molar-refractivity contribution in [2.45, 2.75) is 56.8 Å². The number of fused-ring (bicyclic) bond motifs is 3. The monoisotopic (exact) mass is 811 g/mol. The molecule has 63 heavy (non-hydrogen) atoms. The second kappa shape index (κ2) is 14.6. The first kappa shape index (κ1) is 37.8. The van der Waals surface area contributed by atoms with Crippen LogP contribution in [0.2, 0.25) is 0 Å². The van der Waals surface area contributed by atoms with Crippen molar-refractivity contribution in [2.24, 2.45) is 23.7 Å². The lowest BCUT2D eigenvalue weighted by Crippen LogP contribution is -2.56. The third-order valence-electron chi connectivity index (χ3n) is 15.6. The molecule has 0 unspecified atom stereocenters. The number of hydrogen-bond acceptors (Lipinski definition) is 3. The number of nitrogens with zero attached hydrogens (tertiary/aromatic N) is 3. The van der Waals surface area contributed by atoms with Gasteiger partial charge in [-0.1, -0.05) is 159 Å². The van der Waals surface area contributed by atoms with E-state index in [0.29, 0.717) is 17.4 Å². The van der Waals surface area contributed by atoms with E-state index in [-0.39, 0.29) is 10.8 Å². The summed E-state index contributed by atoms with van der Waals surface area (Å²) in [6.45, 7) is 4.66. The first-order valence-electron chi connectivity index (χ1n) is 22.9. The SMILES string of the molecule is CC1(C)c2ccccc2-c2ccc(-c3nc(-c4ccccc4)cc(-c4ccc(C5(c6ccc(-c7cccc(-c8ccc(C#N)cc8)c7)cc6)C6CC7CC(C6)CC5C7)cc4)n3)cc21. The van der Waals surface area contributed by atoms with Gasteiger partial charge in [0.05, 0.1) is 23.0 Å². The zero-order valence-electron chi connectivity index (χ0n) is 35.9. The van der Waals surface area contributed by atoms with Crippen LogP contribution in [0.5, 0.6) is 0 Å². The number of aromatic nitrogens is 2. The Morgan fingerprint density at radius 3 is 1.57 bits per heavy atom. The predicted octanol–water partition coefficient (Wildman–Crippen LogP) is 14.7. The fourth-order valence-electron chi connectivity index (χ4n) is 12.8. The van der Waals surface area contributed by atoms with Crippen molar-refractivity contribution < 1.29 is 0 Å². The van der Waals surface area contributed by atoms with E-state index in [0.717, 1.165) is 56.9 Å². The third-order valence-corrected chi connectivity index (χ3v) is 15.6. The minimum absolute atomic E-state index is 0.0182. The number of benzene rings is 7. The molecule has 3 heteroatoms. The van der Waals surface area contributed by atoms with Gasteiger partial charge in [0.1, 0.15) is 0 Å². The highest BCUT2D eigenvalue weighted by molar-refractivity contribution is 5.83. The second-order valence-corrected chi connectivity index (χ2v) is 19.4. The smallest absolute Gasteiger partial charge is 0.160 e. The van der Waals surface area contributed by atoms with E-state index < -0.39 is 0 Å². The molecule has 304 valence electrons. The highest BCUT2D eigenvalue weighted by atomic mass is 14.9. The van der Waals surface area contributed by atoms with Crippen molar-refractivity contribution >= 4 is 0 Å². The first-order valence-corrected chi connectivity index (χ1v) is 22.9. The first-order chi connectivity index (χ1) is 30.8. The molecule has 0 atom stereocenters.